The Morgan fingerprint density at radius 1 is 1.19 bits per heavy atom. The average molecular weight is 440 g/mol. The number of amides is 1. The standard InChI is InChI=1S/C22H20N2O6S/c1-3-24-19(25)18(12-14-7-4-5-10-17(14)30-13(2)20(26)27)31-22(24)23-16-9-6-8-15(11-16)21(28)29/h4-13H,3H2,1-2H3,(H,26,27)(H,28,29)/b18-12-,23-22?. The summed E-state index contributed by atoms with van der Waals surface area (Å²) in [4.78, 5) is 41.5. The van der Waals surface area contributed by atoms with E-state index in [0.717, 1.165) is 11.8 Å². The number of amidine groups is 1. The van der Waals surface area contributed by atoms with Crippen molar-refractivity contribution in [2.45, 2.75) is 20.0 Å². The molecule has 0 aliphatic carbocycles. The van der Waals surface area contributed by atoms with Gasteiger partial charge in [0.05, 0.1) is 16.2 Å². The molecule has 1 saturated heterocycles. The van der Waals surface area contributed by atoms with Crippen LogP contribution in [-0.4, -0.2) is 50.8 Å². The van der Waals surface area contributed by atoms with E-state index in [4.69, 9.17) is 14.9 Å². The normalized spacial score (nSPS) is 17.2. The second kappa shape index (κ2) is 9.48. The van der Waals surface area contributed by atoms with Crippen LogP contribution in [0, 0.1) is 0 Å². The number of thioether (sulfide) groups is 1. The van der Waals surface area contributed by atoms with Crippen LogP contribution in [0.1, 0.15) is 29.8 Å². The van der Waals surface area contributed by atoms with Gasteiger partial charge >= 0.3 is 11.9 Å². The molecule has 1 heterocycles. The maximum Gasteiger partial charge on any atom is 0.344 e. The molecule has 1 unspecified atom stereocenters. The maximum atomic E-state index is 12.9. The minimum atomic E-state index is -1.09. The van der Waals surface area contributed by atoms with Gasteiger partial charge in [-0.25, -0.2) is 14.6 Å². The van der Waals surface area contributed by atoms with E-state index in [0.29, 0.717) is 33.6 Å². The summed E-state index contributed by atoms with van der Waals surface area (Å²) in [5.74, 6) is -2.05. The minimum absolute atomic E-state index is 0.105. The zero-order valence-electron chi connectivity index (χ0n) is 16.8. The number of nitrogens with zero attached hydrogens (tertiary/aromatic N) is 2. The van der Waals surface area contributed by atoms with Crippen LogP contribution in [0.15, 0.2) is 58.4 Å². The first kappa shape index (κ1) is 22.1. The number of para-hydroxylation sites is 1. The first-order valence-corrected chi connectivity index (χ1v) is 10.2. The molecule has 2 aromatic rings. The lowest BCUT2D eigenvalue weighted by Gasteiger charge is -2.13. The fourth-order valence-corrected chi connectivity index (χ4v) is 3.83. The van der Waals surface area contributed by atoms with Crippen molar-refractivity contribution in [1.29, 1.82) is 0 Å². The lowest BCUT2D eigenvalue weighted by atomic mass is 10.2. The van der Waals surface area contributed by atoms with Crippen molar-refractivity contribution in [3.8, 4) is 5.75 Å². The van der Waals surface area contributed by atoms with Gasteiger partial charge in [0.25, 0.3) is 5.91 Å². The van der Waals surface area contributed by atoms with E-state index in [2.05, 4.69) is 4.99 Å². The molecule has 9 heteroatoms. The van der Waals surface area contributed by atoms with E-state index in [1.165, 1.54) is 24.0 Å². The summed E-state index contributed by atoms with van der Waals surface area (Å²) in [6, 6.07) is 13.0. The fraction of sp³-hybridized carbons (Fsp3) is 0.182. The zero-order chi connectivity index (χ0) is 22.5. The summed E-state index contributed by atoms with van der Waals surface area (Å²) < 4.78 is 5.50. The number of rotatable bonds is 7. The molecule has 3 rings (SSSR count). The van der Waals surface area contributed by atoms with Gasteiger partial charge in [-0.3, -0.25) is 9.69 Å². The van der Waals surface area contributed by atoms with Crippen molar-refractivity contribution in [2.24, 2.45) is 4.99 Å². The van der Waals surface area contributed by atoms with Crippen molar-refractivity contribution in [3.05, 3.63) is 64.6 Å². The number of carbonyl (C=O) groups excluding carboxylic acids is 1. The highest BCUT2D eigenvalue weighted by Crippen LogP contribution is 2.35. The largest absolute Gasteiger partial charge is 0.479 e. The molecule has 1 fully saturated rings. The summed E-state index contributed by atoms with van der Waals surface area (Å²) in [6.07, 6.45) is 0.590. The number of hydrogen-bond acceptors (Lipinski definition) is 6. The molecule has 0 saturated carbocycles. The van der Waals surface area contributed by atoms with Crippen molar-refractivity contribution in [3.63, 3.8) is 0 Å². The number of aromatic carboxylic acids is 1. The second-order valence-electron chi connectivity index (χ2n) is 6.55. The number of carbonyl (C=O) groups is 3. The van der Waals surface area contributed by atoms with Crippen molar-refractivity contribution < 1.29 is 29.3 Å². The molecule has 160 valence electrons. The second-order valence-corrected chi connectivity index (χ2v) is 7.56. The summed E-state index contributed by atoms with van der Waals surface area (Å²) >= 11 is 1.16. The molecule has 0 bridgehead atoms. The molecule has 0 aromatic heterocycles. The molecular weight excluding hydrogens is 420 g/mol. The van der Waals surface area contributed by atoms with E-state index in [-0.39, 0.29) is 11.5 Å². The van der Waals surface area contributed by atoms with Crippen LogP contribution in [0.2, 0.25) is 0 Å². The Kier molecular flexibility index (Phi) is 6.76. The van der Waals surface area contributed by atoms with Gasteiger partial charge in [-0.15, -0.1) is 0 Å². The topological polar surface area (TPSA) is 117 Å². The van der Waals surface area contributed by atoms with Crippen molar-refractivity contribution >= 4 is 46.5 Å². The fourth-order valence-electron chi connectivity index (χ4n) is 2.78. The summed E-state index contributed by atoms with van der Waals surface area (Å²) in [5.41, 5.74) is 1.10. The van der Waals surface area contributed by atoms with Gasteiger partial charge in [0.15, 0.2) is 11.3 Å². The van der Waals surface area contributed by atoms with Gasteiger partial charge in [-0.1, -0.05) is 24.3 Å². The Balaban J connectivity index is 1.94. The molecule has 2 aromatic carbocycles. The first-order chi connectivity index (χ1) is 14.8. The van der Waals surface area contributed by atoms with Crippen LogP contribution >= 0.6 is 11.8 Å². The number of likely N-dealkylation sites (N-methyl/N-ethyl adjacent to an activating group) is 1. The molecule has 2 N–H and O–H groups in total. The number of ether oxygens (including phenoxy) is 1. The molecule has 31 heavy (non-hydrogen) atoms. The third-order valence-electron chi connectivity index (χ3n) is 4.38. The third-order valence-corrected chi connectivity index (χ3v) is 5.39. The number of aliphatic imine (C=N–C) groups is 1. The number of carboxylic acids is 2. The van der Waals surface area contributed by atoms with E-state index in [9.17, 15) is 14.4 Å². The van der Waals surface area contributed by atoms with Crippen LogP contribution in [-0.2, 0) is 9.59 Å². The van der Waals surface area contributed by atoms with E-state index in [1.54, 1.807) is 42.5 Å². The Morgan fingerprint density at radius 2 is 1.94 bits per heavy atom. The van der Waals surface area contributed by atoms with Crippen molar-refractivity contribution in [2.75, 3.05) is 6.54 Å². The van der Waals surface area contributed by atoms with Gasteiger partial charge in [-0.05, 0) is 56.0 Å². The smallest absolute Gasteiger partial charge is 0.344 e. The highest BCUT2D eigenvalue weighted by atomic mass is 32.2. The van der Waals surface area contributed by atoms with Gasteiger partial charge < -0.3 is 14.9 Å². The summed E-state index contributed by atoms with van der Waals surface area (Å²) in [7, 11) is 0. The average Bonchev–Trinajstić information content (AvgIpc) is 3.03. The van der Waals surface area contributed by atoms with Crippen LogP contribution in [0.3, 0.4) is 0 Å². The molecule has 1 aliphatic heterocycles. The highest BCUT2D eigenvalue weighted by Gasteiger charge is 2.32. The van der Waals surface area contributed by atoms with Crippen LogP contribution in [0.4, 0.5) is 5.69 Å². The number of carboxylic acid groups (broad SMARTS) is 2. The van der Waals surface area contributed by atoms with Gasteiger partial charge in [0.2, 0.25) is 0 Å². The predicted molar refractivity (Wildman–Crippen MR) is 118 cm³/mol. The summed E-state index contributed by atoms with van der Waals surface area (Å²) in [5, 5.41) is 18.7. The van der Waals surface area contributed by atoms with E-state index in [1.807, 2.05) is 6.92 Å². The Bertz CT molecular complexity index is 1090. The van der Waals surface area contributed by atoms with E-state index >= 15 is 0 Å². The number of hydrogen-bond donors (Lipinski definition) is 2. The third kappa shape index (κ3) is 5.13. The highest BCUT2D eigenvalue weighted by molar-refractivity contribution is 8.18. The van der Waals surface area contributed by atoms with Crippen LogP contribution in [0.5, 0.6) is 5.75 Å². The zero-order valence-corrected chi connectivity index (χ0v) is 17.6. The maximum absolute atomic E-state index is 12.9. The molecule has 1 amide bonds. The number of benzene rings is 2. The lowest BCUT2D eigenvalue weighted by molar-refractivity contribution is -0.144. The first-order valence-electron chi connectivity index (χ1n) is 9.42. The molecule has 1 aliphatic rings. The Morgan fingerprint density at radius 3 is 2.61 bits per heavy atom. The van der Waals surface area contributed by atoms with Gasteiger partial charge in [0, 0.05) is 12.1 Å². The van der Waals surface area contributed by atoms with Crippen LogP contribution in [0.25, 0.3) is 6.08 Å². The molecular formula is C22H20N2O6S. The SMILES string of the molecule is CCN1C(=O)/C(=C/c2ccccc2OC(C)C(=O)O)SC1=Nc1cccc(C(=O)O)c1. The quantitative estimate of drug-likeness (QED) is 0.628. The van der Waals surface area contributed by atoms with Crippen molar-refractivity contribution in [1.82, 2.24) is 4.90 Å². The molecule has 1 atom stereocenters. The molecule has 0 spiro atoms. The number of aliphatic carboxylic acids is 1. The van der Waals surface area contributed by atoms with Crippen LogP contribution < -0.4 is 4.74 Å². The minimum Gasteiger partial charge on any atom is -0.479 e. The van der Waals surface area contributed by atoms with Gasteiger partial charge in [-0.2, -0.15) is 0 Å². The van der Waals surface area contributed by atoms with Gasteiger partial charge in [0.1, 0.15) is 5.75 Å². The summed E-state index contributed by atoms with van der Waals surface area (Å²) in [6.45, 7) is 3.63. The lowest BCUT2D eigenvalue weighted by Crippen LogP contribution is -2.28. The van der Waals surface area contributed by atoms with E-state index < -0.39 is 18.0 Å². The monoisotopic (exact) mass is 440 g/mol. The molecule has 0 radical (unpaired) electrons. The predicted octanol–water partition coefficient (Wildman–Crippen LogP) is 3.86. The Labute approximate surface area is 182 Å². The molecule has 8 nitrogen and oxygen atoms in total. The Hall–Kier alpha value is -3.59.